The minimum atomic E-state index is -1.27. The highest BCUT2D eigenvalue weighted by atomic mass is 16.3. The summed E-state index contributed by atoms with van der Waals surface area (Å²) in [5, 5.41) is 23.4. The van der Waals surface area contributed by atoms with Crippen molar-refractivity contribution in [2.45, 2.75) is 43.9 Å². The van der Waals surface area contributed by atoms with Crippen molar-refractivity contribution in [3.63, 3.8) is 0 Å². The molecule has 4 nitrogen and oxygen atoms in total. The first-order chi connectivity index (χ1) is 14.0. The first-order valence-electron chi connectivity index (χ1n) is 10.3. The number of aliphatic hydroxyl groups excluding tert-OH is 1. The van der Waals surface area contributed by atoms with Gasteiger partial charge >= 0.3 is 0 Å². The molecule has 4 heteroatoms. The van der Waals surface area contributed by atoms with Gasteiger partial charge in [-0.1, -0.05) is 73.2 Å². The topological polar surface area (TPSA) is 82.3 Å². The Kier molecular flexibility index (Phi) is 5.67. The molecule has 0 spiro atoms. The molecule has 0 radical (unpaired) electrons. The molecule has 1 heterocycles. The van der Waals surface area contributed by atoms with Crippen molar-refractivity contribution in [2.75, 3.05) is 0 Å². The number of benzene rings is 3. The lowest BCUT2D eigenvalue weighted by molar-refractivity contribution is 0.0346. The number of unbranched alkanes of at least 4 members (excludes halogenated alkanes) is 1. The lowest BCUT2D eigenvalue weighted by Crippen LogP contribution is -2.41. The number of hydrogen-bond acceptors (Lipinski definition) is 3. The summed E-state index contributed by atoms with van der Waals surface area (Å²) >= 11 is 0. The van der Waals surface area contributed by atoms with Crippen LogP contribution in [0.15, 0.2) is 72.8 Å². The van der Waals surface area contributed by atoms with Gasteiger partial charge in [0, 0.05) is 28.2 Å². The van der Waals surface area contributed by atoms with Crippen LogP contribution in [0.5, 0.6) is 0 Å². The van der Waals surface area contributed by atoms with Crippen LogP contribution in [0.2, 0.25) is 0 Å². The maximum atomic E-state index is 10.8. The minimum Gasteiger partial charge on any atom is -0.388 e. The Hall–Kier alpha value is -2.66. The van der Waals surface area contributed by atoms with Gasteiger partial charge in [-0.2, -0.15) is 0 Å². The molecule has 3 aromatic carbocycles. The number of para-hydroxylation sites is 2. The van der Waals surface area contributed by atoms with E-state index in [1.54, 1.807) is 0 Å². The molecule has 1 aromatic heterocycles. The minimum absolute atomic E-state index is 0.387. The number of aliphatic hydroxyl groups is 2. The molecule has 150 valence electrons. The Morgan fingerprint density at radius 1 is 0.862 bits per heavy atom. The maximum absolute atomic E-state index is 10.8. The zero-order chi connectivity index (χ0) is 20.3. The van der Waals surface area contributed by atoms with E-state index in [0.717, 1.165) is 40.4 Å². The van der Waals surface area contributed by atoms with Gasteiger partial charge in [-0.3, -0.25) is 0 Å². The number of rotatable bonds is 8. The van der Waals surface area contributed by atoms with Crippen LogP contribution in [0, 0.1) is 0 Å². The molecule has 0 amide bonds. The predicted octanol–water partition coefficient (Wildman–Crippen LogP) is 4.80. The first-order valence-corrected chi connectivity index (χ1v) is 10.3. The summed E-state index contributed by atoms with van der Waals surface area (Å²) in [6, 6.07) is 24.0. The monoisotopic (exact) mass is 388 g/mol. The van der Waals surface area contributed by atoms with Crippen molar-refractivity contribution < 1.29 is 10.2 Å². The second kappa shape index (κ2) is 8.37. The van der Waals surface area contributed by atoms with E-state index >= 15 is 0 Å². The van der Waals surface area contributed by atoms with E-state index in [4.69, 9.17) is 5.73 Å². The van der Waals surface area contributed by atoms with Crippen LogP contribution in [0.4, 0.5) is 0 Å². The third-order valence-corrected chi connectivity index (χ3v) is 5.65. The normalized spacial score (nSPS) is 14.9. The van der Waals surface area contributed by atoms with Crippen molar-refractivity contribution in [3.8, 4) is 0 Å². The molecule has 0 saturated carbocycles. The third kappa shape index (κ3) is 4.51. The van der Waals surface area contributed by atoms with Gasteiger partial charge < -0.3 is 20.9 Å². The Morgan fingerprint density at radius 2 is 1.59 bits per heavy atom. The molecule has 0 bridgehead atoms. The average Bonchev–Trinajstić information content (AvgIpc) is 3.11. The largest absolute Gasteiger partial charge is 0.388 e. The summed E-state index contributed by atoms with van der Waals surface area (Å²) in [5.74, 6) is 0. The molecule has 0 aliphatic heterocycles. The van der Waals surface area contributed by atoms with Crippen LogP contribution in [0.25, 0.3) is 21.8 Å². The highest BCUT2D eigenvalue weighted by molar-refractivity contribution is 6.08. The van der Waals surface area contributed by atoms with E-state index in [1.807, 2.05) is 54.6 Å². The second-order valence-electron chi connectivity index (χ2n) is 7.96. The van der Waals surface area contributed by atoms with E-state index in [2.05, 4.69) is 23.2 Å². The van der Waals surface area contributed by atoms with Crippen molar-refractivity contribution in [1.82, 2.24) is 4.98 Å². The molecule has 0 aliphatic rings. The summed E-state index contributed by atoms with van der Waals surface area (Å²) in [6.45, 7) is 0. The average molecular weight is 389 g/mol. The molecule has 4 aromatic rings. The maximum Gasteiger partial charge on any atom is 0.117 e. The van der Waals surface area contributed by atoms with Gasteiger partial charge in [0.15, 0.2) is 0 Å². The van der Waals surface area contributed by atoms with E-state index in [-0.39, 0.29) is 0 Å². The molecule has 0 fully saturated rings. The third-order valence-electron chi connectivity index (χ3n) is 5.65. The SMILES string of the molecule is NC(O)(CCCCC(O)c1ccccc1)Cc1cccc2c1[nH]c1ccccc12. The Labute approximate surface area is 171 Å². The number of nitrogens with one attached hydrogen (secondary N) is 1. The standard InChI is InChI=1S/C25H28N2O2/c26-25(29,16-7-6-15-23(28)18-9-2-1-3-10-18)17-19-11-8-13-21-20-12-4-5-14-22(20)27-24(19)21/h1-5,8-14,23,27-29H,6-7,15-17,26H2. The molecule has 29 heavy (non-hydrogen) atoms. The number of hydrogen-bond donors (Lipinski definition) is 4. The summed E-state index contributed by atoms with van der Waals surface area (Å²) in [6.07, 6.45) is 2.65. The first kappa shape index (κ1) is 19.6. The molecular weight excluding hydrogens is 360 g/mol. The number of fused-ring (bicyclic) bond motifs is 3. The molecule has 0 aliphatic carbocycles. The quantitative estimate of drug-likeness (QED) is 0.258. The highest BCUT2D eigenvalue weighted by Crippen LogP contribution is 2.29. The fraction of sp³-hybridized carbons (Fsp3) is 0.280. The predicted molar refractivity (Wildman–Crippen MR) is 119 cm³/mol. The molecule has 4 rings (SSSR count). The zero-order valence-corrected chi connectivity index (χ0v) is 16.5. The van der Waals surface area contributed by atoms with Gasteiger partial charge in [0.1, 0.15) is 5.72 Å². The van der Waals surface area contributed by atoms with Crippen LogP contribution in [0.1, 0.15) is 42.9 Å². The molecule has 0 saturated heterocycles. The molecule has 5 N–H and O–H groups in total. The van der Waals surface area contributed by atoms with Gasteiger partial charge in [0.05, 0.1) is 6.10 Å². The highest BCUT2D eigenvalue weighted by Gasteiger charge is 2.23. The van der Waals surface area contributed by atoms with E-state index in [1.165, 1.54) is 5.39 Å². The lowest BCUT2D eigenvalue weighted by atomic mass is 9.95. The summed E-state index contributed by atoms with van der Waals surface area (Å²) < 4.78 is 0. The Balaban J connectivity index is 1.38. The zero-order valence-electron chi connectivity index (χ0n) is 16.5. The number of nitrogens with two attached hydrogens (primary N) is 1. The van der Waals surface area contributed by atoms with Crippen LogP contribution < -0.4 is 5.73 Å². The van der Waals surface area contributed by atoms with Gasteiger partial charge in [0.25, 0.3) is 0 Å². The Morgan fingerprint density at radius 3 is 2.41 bits per heavy atom. The van der Waals surface area contributed by atoms with Gasteiger partial charge in [-0.15, -0.1) is 0 Å². The summed E-state index contributed by atoms with van der Waals surface area (Å²) in [7, 11) is 0. The molecular formula is C25H28N2O2. The second-order valence-corrected chi connectivity index (χ2v) is 7.96. The number of aromatic amines is 1. The van der Waals surface area contributed by atoms with E-state index < -0.39 is 11.8 Å². The smallest absolute Gasteiger partial charge is 0.117 e. The number of H-pyrrole nitrogens is 1. The van der Waals surface area contributed by atoms with Gasteiger partial charge in [-0.25, -0.2) is 0 Å². The van der Waals surface area contributed by atoms with Crippen LogP contribution in [0.3, 0.4) is 0 Å². The van der Waals surface area contributed by atoms with E-state index in [0.29, 0.717) is 19.3 Å². The fourth-order valence-electron chi connectivity index (χ4n) is 4.11. The van der Waals surface area contributed by atoms with Crippen molar-refractivity contribution >= 4 is 21.8 Å². The summed E-state index contributed by atoms with van der Waals surface area (Å²) in [5.41, 5.74) is 9.05. The van der Waals surface area contributed by atoms with Crippen molar-refractivity contribution in [1.29, 1.82) is 0 Å². The van der Waals surface area contributed by atoms with Crippen molar-refractivity contribution in [2.24, 2.45) is 5.73 Å². The van der Waals surface area contributed by atoms with E-state index in [9.17, 15) is 10.2 Å². The van der Waals surface area contributed by atoms with Crippen LogP contribution in [-0.4, -0.2) is 20.9 Å². The van der Waals surface area contributed by atoms with Crippen molar-refractivity contribution in [3.05, 3.63) is 83.9 Å². The lowest BCUT2D eigenvalue weighted by Gasteiger charge is -2.24. The van der Waals surface area contributed by atoms with Crippen LogP contribution >= 0.6 is 0 Å². The molecule has 2 unspecified atom stereocenters. The fourth-order valence-corrected chi connectivity index (χ4v) is 4.11. The summed E-state index contributed by atoms with van der Waals surface area (Å²) in [4.78, 5) is 3.47. The van der Waals surface area contributed by atoms with Crippen LogP contribution in [-0.2, 0) is 6.42 Å². The number of aromatic nitrogens is 1. The van der Waals surface area contributed by atoms with Gasteiger partial charge in [0.2, 0.25) is 0 Å². The Bertz CT molecular complexity index is 1090. The van der Waals surface area contributed by atoms with Gasteiger partial charge in [-0.05, 0) is 36.5 Å². The molecule has 2 atom stereocenters.